The van der Waals surface area contributed by atoms with E-state index in [9.17, 15) is 9.59 Å². The standard InChI is InChI=1S/C21H29N3O5/c1-27-17-12-19(29-3)18(28-2)11-16(17)21(26)24-13-14-5-7-15(8-6-14)20(25)23-10-4-9-22/h11-12,14-15H,4-8,10,13H2,1-3H3,(H,23,25)(H,24,26). The summed E-state index contributed by atoms with van der Waals surface area (Å²) in [4.78, 5) is 24.8. The first-order valence-electron chi connectivity index (χ1n) is 9.76. The summed E-state index contributed by atoms with van der Waals surface area (Å²) >= 11 is 0. The summed E-state index contributed by atoms with van der Waals surface area (Å²) in [6.45, 7) is 0.942. The van der Waals surface area contributed by atoms with E-state index in [0.29, 0.717) is 48.2 Å². The molecule has 0 aromatic heterocycles. The number of benzene rings is 1. The number of nitrogens with zero attached hydrogens (tertiary/aromatic N) is 1. The third-order valence-electron chi connectivity index (χ3n) is 5.26. The van der Waals surface area contributed by atoms with Crippen molar-refractivity contribution in [2.24, 2.45) is 11.8 Å². The molecule has 1 aliphatic carbocycles. The van der Waals surface area contributed by atoms with Gasteiger partial charge in [0.15, 0.2) is 11.5 Å². The number of methoxy groups -OCH3 is 3. The summed E-state index contributed by atoms with van der Waals surface area (Å²) in [5.41, 5.74) is 0.385. The van der Waals surface area contributed by atoms with Gasteiger partial charge in [0.2, 0.25) is 5.91 Å². The van der Waals surface area contributed by atoms with E-state index in [1.165, 1.54) is 21.3 Å². The minimum atomic E-state index is -0.237. The van der Waals surface area contributed by atoms with Crippen LogP contribution in [-0.2, 0) is 4.79 Å². The molecule has 158 valence electrons. The molecule has 1 aromatic rings. The Hall–Kier alpha value is -2.95. The predicted molar refractivity (Wildman–Crippen MR) is 107 cm³/mol. The lowest BCUT2D eigenvalue weighted by atomic mass is 9.81. The smallest absolute Gasteiger partial charge is 0.255 e. The highest BCUT2D eigenvalue weighted by Gasteiger charge is 2.27. The van der Waals surface area contributed by atoms with Gasteiger partial charge in [-0.2, -0.15) is 5.26 Å². The molecule has 2 rings (SSSR count). The van der Waals surface area contributed by atoms with Crippen LogP contribution in [-0.4, -0.2) is 46.2 Å². The summed E-state index contributed by atoms with van der Waals surface area (Å²) in [6.07, 6.45) is 3.66. The second kappa shape index (κ2) is 11.1. The van der Waals surface area contributed by atoms with Crippen molar-refractivity contribution in [1.82, 2.24) is 10.6 Å². The Morgan fingerprint density at radius 1 is 1.00 bits per heavy atom. The van der Waals surface area contributed by atoms with Crippen molar-refractivity contribution < 1.29 is 23.8 Å². The highest BCUT2D eigenvalue weighted by atomic mass is 16.5. The molecule has 8 nitrogen and oxygen atoms in total. The molecule has 1 fully saturated rings. The fraction of sp³-hybridized carbons (Fsp3) is 0.571. The SMILES string of the molecule is COc1cc(OC)c(C(=O)NCC2CCC(C(=O)NCCC#N)CC2)cc1OC. The van der Waals surface area contributed by atoms with E-state index in [2.05, 4.69) is 10.6 Å². The third-order valence-corrected chi connectivity index (χ3v) is 5.26. The number of hydrogen-bond acceptors (Lipinski definition) is 6. The van der Waals surface area contributed by atoms with Gasteiger partial charge in [0.05, 0.1) is 39.4 Å². The Morgan fingerprint density at radius 2 is 1.62 bits per heavy atom. The van der Waals surface area contributed by atoms with E-state index in [-0.39, 0.29) is 17.7 Å². The van der Waals surface area contributed by atoms with Gasteiger partial charge in [0, 0.05) is 31.1 Å². The molecule has 1 aromatic carbocycles. The molecule has 0 spiro atoms. The second-order valence-electron chi connectivity index (χ2n) is 7.03. The van der Waals surface area contributed by atoms with Crippen molar-refractivity contribution in [2.45, 2.75) is 32.1 Å². The molecule has 29 heavy (non-hydrogen) atoms. The van der Waals surface area contributed by atoms with Gasteiger partial charge in [0.25, 0.3) is 5.91 Å². The van der Waals surface area contributed by atoms with Gasteiger partial charge in [-0.3, -0.25) is 9.59 Å². The van der Waals surface area contributed by atoms with E-state index < -0.39 is 0 Å². The Balaban J connectivity index is 1.87. The van der Waals surface area contributed by atoms with E-state index >= 15 is 0 Å². The minimum absolute atomic E-state index is 0.00779. The predicted octanol–water partition coefficient (Wildman–Crippen LogP) is 2.28. The van der Waals surface area contributed by atoms with Crippen LogP contribution in [0.3, 0.4) is 0 Å². The summed E-state index contributed by atoms with van der Waals surface area (Å²) in [7, 11) is 4.54. The van der Waals surface area contributed by atoms with Crippen molar-refractivity contribution in [2.75, 3.05) is 34.4 Å². The summed E-state index contributed by atoms with van der Waals surface area (Å²) in [5.74, 6) is 1.48. The van der Waals surface area contributed by atoms with Crippen molar-refractivity contribution in [3.8, 4) is 23.3 Å². The van der Waals surface area contributed by atoms with E-state index in [0.717, 1.165) is 25.7 Å². The van der Waals surface area contributed by atoms with Crippen LogP contribution in [0, 0.1) is 23.2 Å². The van der Waals surface area contributed by atoms with Crippen LogP contribution in [0.5, 0.6) is 17.2 Å². The molecular formula is C21H29N3O5. The number of nitrogens with one attached hydrogen (secondary N) is 2. The summed E-state index contributed by atoms with van der Waals surface area (Å²) < 4.78 is 15.8. The maximum atomic E-state index is 12.7. The second-order valence-corrected chi connectivity index (χ2v) is 7.03. The minimum Gasteiger partial charge on any atom is -0.496 e. The zero-order valence-electron chi connectivity index (χ0n) is 17.2. The van der Waals surface area contributed by atoms with Gasteiger partial charge in [-0.1, -0.05) is 0 Å². The zero-order valence-corrected chi connectivity index (χ0v) is 17.2. The van der Waals surface area contributed by atoms with Crippen molar-refractivity contribution in [1.29, 1.82) is 5.26 Å². The van der Waals surface area contributed by atoms with Crippen LogP contribution < -0.4 is 24.8 Å². The van der Waals surface area contributed by atoms with Crippen LogP contribution in [0.25, 0.3) is 0 Å². The number of carbonyl (C=O) groups is 2. The first-order valence-corrected chi connectivity index (χ1v) is 9.76. The Bertz CT molecular complexity index is 751. The number of rotatable bonds is 9. The lowest BCUT2D eigenvalue weighted by Gasteiger charge is -2.28. The van der Waals surface area contributed by atoms with Crippen molar-refractivity contribution in [3.63, 3.8) is 0 Å². The summed E-state index contributed by atoms with van der Waals surface area (Å²) in [6, 6.07) is 5.25. The van der Waals surface area contributed by atoms with Crippen LogP contribution in [0.4, 0.5) is 0 Å². The van der Waals surface area contributed by atoms with E-state index in [1.807, 2.05) is 6.07 Å². The molecule has 0 saturated heterocycles. The number of carbonyl (C=O) groups excluding carboxylic acids is 2. The number of nitriles is 1. The number of hydrogen-bond donors (Lipinski definition) is 2. The summed E-state index contributed by atoms with van der Waals surface area (Å²) in [5, 5.41) is 14.3. The molecule has 1 saturated carbocycles. The Morgan fingerprint density at radius 3 is 2.21 bits per heavy atom. The van der Waals surface area contributed by atoms with Crippen LogP contribution in [0.15, 0.2) is 12.1 Å². The maximum Gasteiger partial charge on any atom is 0.255 e. The van der Waals surface area contributed by atoms with Crippen LogP contribution in [0.1, 0.15) is 42.5 Å². The lowest BCUT2D eigenvalue weighted by Crippen LogP contribution is -2.36. The highest BCUT2D eigenvalue weighted by molar-refractivity contribution is 5.97. The van der Waals surface area contributed by atoms with Gasteiger partial charge in [-0.05, 0) is 31.6 Å². The monoisotopic (exact) mass is 403 g/mol. The van der Waals surface area contributed by atoms with Gasteiger partial charge >= 0.3 is 0 Å². The topological polar surface area (TPSA) is 110 Å². The van der Waals surface area contributed by atoms with Gasteiger partial charge in [0.1, 0.15) is 5.75 Å². The molecule has 0 atom stereocenters. The maximum absolute atomic E-state index is 12.7. The quantitative estimate of drug-likeness (QED) is 0.612. The molecule has 1 aliphatic rings. The highest BCUT2D eigenvalue weighted by Crippen LogP contribution is 2.34. The third kappa shape index (κ3) is 6.01. The van der Waals surface area contributed by atoms with E-state index in [1.54, 1.807) is 12.1 Å². The van der Waals surface area contributed by atoms with Gasteiger partial charge < -0.3 is 24.8 Å². The molecule has 2 N–H and O–H groups in total. The zero-order chi connectivity index (χ0) is 21.2. The normalized spacial score (nSPS) is 18.3. The van der Waals surface area contributed by atoms with Gasteiger partial charge in [-0.15, -0.1) is 0 Å². The number of ether oxygens (including phenoxy) is 3. The first-order chi connectivity index (χ1) is 14.0. The number of amides is 2. The fourth-order valence-corrected chi connectivity index (χ4v) is 3.55. The molecular weight excluding hydrogens is 374 g/mol. The Kier molecular flexibility index (Phi) is 8.59. The lowest BCUT2D eigenvalue weighted by molar-refractivity contribution is -0.126. The molecule has 0 heterocycles. The first kappa shape index (κ1) is 22.3. The largest absolute Gasteiger partial charge is 0.496 e. The molecule has 0 radical (unpaired) electrons. The molecule has 0 aliphatic heterocycles. The van der Waals surface area contributed by atoms with Crippen molar-refractivity contribution >= 4 is 11.8 Å². The molecule has 0 bridgehead atoms. The molecule has 0 unspecified atom stereocenters. The fourth-order valence-electron chi connectivity index (χ4n) is 3.55. The van der Waals surface area contributed by atoms with Gasteiger partial charge in [-0.25, -0.2) is 0 Å². The average molecular weight is 403 g/mol. The molecule has 8 heteroatoms. The Labute approximate surface area is 171 Å². The van der Waals surface area contributed by atoms with E-state index in [4.69, 9.17) is 19.5 Å². The van der Waals surface area contributed by atoms with Crippen molar-refractivity contribution in [3.05, 3.63) is 17.7 Å². The average Bonchev–Trinajstić information content (AvgIpc) is 2.76. The van der Waals surface area contributed by atoms with Crippen LogP contribution in [0.2, 0.25) is 0 Å². The molecule has 2 amide bonds. The van der Waals surface area contributed by atoms with Crippen LogP contribution >= 0.6 is 0 Å².